The van der Waals surface area contributed by atoms with Gasteiger partial charge in [0.15, 0.2) is 0 Å². The molecule has 1 N–H and O–H groups in total. The lowest BCUT2D eigenvalue weighted by Crippen LogP contribution is -2.16. The van der Waals surface area contributed by atoms with Crippen LogP contribution in [0.1, 0.15) is 31.7 Å². The summed E-state index contributed by atoms with van der Waals surface area (Å²) in [5.74, 6) is 1.53. The summed E-state index contributed by atoms with van der Waals surface area (Å²) in [6, 6.07) is 11.7. The molecule has 0 aliphatic carbocycles. The van der Waals surface area contributed by atoms with Gasteiger partial charge in [-0.1, -0.05) is 18.2 Å². The molecule has 0 spiro atoms. The van der Waals surface area contributed by atoms with E-state index in [0.717, 1.165) is 44.5 Å². The number of benzene rings is 2. The van der Waals surface area contributed by atoms with Crippen LogP contribution in [0.5, 0.6) is 17.2 Å². The third-order valence-electron chi connectivity index (χ3n) is 3.96. The number of halogens is 3. The summed E-state index contributed by atoms with van der Waals surface area (Å²) in [5, 5.41) is 3.37. The zero-order chi connectivity index (χ0) is 20.2. The van der Waals surface area contributed by atoms with E-state index in [2.05, 4.69) is 11.4 Å². The second-order valence-corrected chi connectivity index (χ2v) is 6.26. The predicted molar refractivity (Wildman–Crippen MR) is 105 cm³/mol. The summed E-state index contributed by atoms with van der Waals surface area (Å²) in [7, 11) is 0. The van der Waals surface area contributed by atoms with Crippen LogP contribution in [-0.4, -0.2) is 19.7 Å². The quantitative estimate of drug-likeness (QED) is 0.363. The maximum atomic E-state index is 12.6. The number of unbranched alkanes of at least 4 members (excludes halogenated alkanes) is 1. The fourth-order valence-corrected chi connectivity index (χ4v) is 2.49. The predicted octanol–water partition coefficient (Wildman–Crippen LogP) is 6.21. The van der Waals surface area contributed by atoms with E-state index in [4.69, 9.17) is 9.47 Å². The van der Waals surface area contributed by atoms with Crippen LogP contribution in [0.15, 0.2) is 60.7 Å². The Morgan fingerprint density at radius 1 is 0.929 bits per heavy atom. The molecule has 2 aromatic rings. The number of ether oxygens (including phenoxy) is 2. The second kappa shape index (κ2) is 11.4. The van der Waals surface area contributed by atoms with E-state index < -0.39 is 11.7 Å². The highest BCUT2D eigenvalue weighted by atomic mass is 19.4. The third kappa shape index (κ3) is 8.05. The van der Waals surface area contributed by atoms with E-state index in [9.17, 15) is 13.2 Å². The minimum Gasteiger partial charge on any atom is -0.493 e. The average Bonchev–Trinajstić information content (AvgIpc) is 2.67. The number of hydrogen-bond donors (Lipinski definition) is 1. The molecule has 0 bridgehead atoms. The highest BCUT2D eigenvalue weighted by Crippen LogP contribution is 2.32. The molecule has 0 saturated carbocycles. The Hall–Kier alpha value is -2.47. The Balaban J connectivity index is 1.73. The van der Waals surface area contributed by atoms with Crippen LogP contribution < -0.4 is 14.8 Å². The first-order valence-corrected chi connectivity index (χ1v) is 9.39. The summed E-state index contributed by atoms with van der Waals surface area (Å²) in [6.07, 6.45) is 2.83. The van der Waals surface area contributed by atoms with Crippen molar-refractivity contribution in [1.29, 1.82) is 0 Å². The molecule has 0 radical (unpaired) electrons. The molecule has 28 heavy (non-hydrogen) atoms. The van der Waals surface area contributed by atoms with E-state index in [1.807, 2.05) is 19.1 Å². The Labute approximate surface area is 164 Å². The Bertz CT molecular complexity index is 727. The number of alkyl halides is 3. The minimum absolute atomic E-state index is 0.342. The standard InChI is InChI=1S/C22H26F3NO2/c1-2-3-4-14-26-15-5-6-16-27-20-8-7-9-21(17-20)28-19-12-10-18(11-13-19)22(23,24)25/h2-3,7-13,17,26H,4-6,14-16H2,1H3/b3-2-. The highest BCUT2D eigenvalue weighted by molar-refractivity contribution is 5.37. The number of rotatable bonds is 11. The van der Waals surface area contributed by atoms with E-state index in [-0.39, 0.29) is 0 Å². The van der Waals surface area contributed by atoms with Crippen molar-refractivity contribution >= 4 is 0 Å². The smallest absolute Gasteiger partial charge is 0.416 e. The summed E-state index contributed by atoms with van der Waals surface area (Å²) in [4.78, 5) is 0. The Morgan fingerprint density at radius 3 is 2.39 bits per heavy atom. The lowest BCUT2D eigenvalue weighted by atomic mass is 10.2. The highest BCUT2D eigenvalue weighted by Gasteiger charge is 2.30. The molecule has 152 valence electrons. The van der Waals surface area contributed by atoms with Gasteiger partial charge in [-0.2, -0.15) is 13.2 Å². The van der Waals surface area contributed by atoms with Crippen molar-refractivity contribution < 1.29 is 22.6 Å². The van der Waals surface area contributed by atoms with Gasteiger partial charge < -0.3 is 14.8 Å². The molecule has 0 heterocycles. The van der Waals surface area contributed by atoms with Gasteiger partial charge in [0.2, 0.25) is 0 Å². The summed E-state index contributed by atoms with van der Waals surface area (Å²) in [5.41, 5.74) is -0.701. The van der Waals surface area contributed by atoms with Crippen LogP contribution in [0, 0.1) is 0 Å². The number of hydrogen-bond acceptors (Lipinski definition) is 3. The average molecular weight is 393 g/mol. The largest absolute Gasteiger partial charge is 0.493 e. The van der Waals surface area contributed by atoms with Crippen LogP contribution in [0.4, 0.5) is 13.2 Å². The monoisotopic (exact) mass is 393 g/mol. The van der Waals surface area contributed by atoms with Crippen molar-refractivity contribution in [3.8, 4) is 17.2 Å². The van der Waals surface area contributed by atoms with Gasteiger partial charge in [-0.3, -0.25) is 0 Å². The van der Waals surface area contributed by atoms with Gasteiger partial charge in [0, 0.05) is 6.07 Å². The van der Waals surface area contributed by atoms with Gasteiger partial charge in [0.25, 0.3) is 0 Å². The van der Waals surface area contributed by atoms with Crippen molar-refractivity contribution in [3.63, 3.8) is 0 Å². The van der Waals surface area contributed by atoms with Crippen LogP contribution in [0.25, 0.3) is 0 Å². The Kier molecular flexibility index (Phi) is 8.88. The number of nitrogens with one attached hydrogen (secondary N) is 1. The van der Waals surface area contributed by atoms with Gasteiger partial charge >= 0.3 is 6.18 Å². The minimum atomic E-state index is -4.35. The third-order valence-corrected chi connectivity index (χ3v) is 3.96. The van der Waals surface area contributed by atoms with Crippen LogP contribution in [-0.2, 0) is 6.18 Å². The van der Waals surface area contributed by atoms with Crippen LogP contribution in [0.3, 0.4) is 0 Å². The van der Waals surface area contributed by atoms with E-state index in [0.29, 0.717) is 23.9 Å². The summed E-state index contributed by atoms with van der Waals surface area (Å²) in [6.45, 7) is 4.55. The van der Waals surface area contributed by atoms with Gasteiger partial charge in [-0.25, -0.2) is 0 Å². The molecule has 0 aliphatic rings. The maximum absolute atomic E-state index is 12.6. The fourth-order valence-electron chi connectivity index (χ4n) is 2.49. The molecule has 6 heteroatoms. The number of allylic oxidation sites excluding steroid dienone is 1. The van der Waals surface area contributed by atoms with Crippen molar-refractivity contribution in [1.82, 2.24) is 5.32 Å². The normalized spacial score (nSPS) is 11.7. The van der Waals surface area contributed by atoms with Gasteiger partial charge in [-0.05, 0) is 75.7 Å². The SMILES string of the molecule is C/C=C\CCNCCCCOc1cccc(Oc2ccc(C(F)(F)F)cc2)c1. The molecule has 2 aromatic carbocycles. The molecule has 0 unspecified atom stereocenters. The molecular weight excluding hydrogens is 367 g/mol. The van der Waals surface area contributed by atoms with Crippen molar-refractivity contribution in [2.24, 2.45) is 0 Å². The molecule has 0 amide bonds. The van der Waals surface area contributed by atoms with Gasteiger partial charge in [0.05, 0.1) is 12.2 Å². The second-order valence-electron chi connectivity index (χ2n) is 6.26. The topological polar surface area (TPSA) is 30.5 Å². The molecule has 3 nitrogen and oxygen atoms in total. The molecule has 0 aromatic heterocycles. The first-order chi connectivity index (χ1) is 13.5. The molecular formula is C22H26F3NO2. The van der Waals surface area contributed by atoms with Crippen LogP contribution >= 0.6 is 0 Å². The molecule has 0 aliphatic heterocycles. The first kappa shape index (κ1) is 21.8. The zero-order valence-corrected chi connectivity index (χ0v) is 16.0. The lowest BCUT2D eigenvalue weighted by molar-refractivity contribution is -0.137. The van der Waals surface area contributed by atoms with Crippen molar-refractivity contribution in [3.05, 3.63) is 66.2 Å². The van der Waals surface area contributed by atoms with E-state index >= 15 is 0 Å². The van der Waals surface area contributed by atoms with E-state index in [1.165, 1.54) is 12.1 Å². The fraction of sp³-hybridized carbons (Fsp3) is 0.364. The van der Waals surface area contributed by atoms with Crippen molar-refractivity contribution in [2.75, 3.05) is 19.7 Å². The molecule has 2 rings (SSSR count). The summed E-state index contributed by atoms with van der Waals surface area (Å²) < 4.78 is 49.1. The molecule has 0 atom stereocenters. The molecule has 0 saturated heterocycles. The van der Waals surface area contributed by atoms with Crippen LogP contribution in [0.2, 0.25) is 0 Å². The van der Waals surface area contributed by atoms with Gasteiger partial charge in [-0.15, -0.1) is 0 Å². The van der Waals surface area contributed by atoms with E-state index in [1.54, 1.807) is 18.2 Å². The Morgan fingerprint density at radius 2 is 1.68 bits per heavy atom. The molecule has 0 fully saturated rings. The first-order valence-electron chi connectivity index (χ1n) is 9.39. The van der Waals surface area contributed by atoms with Crippen molar-refractivity contribution in [2.45, 2.75) is 32.4 Å². The summed E-state index contributed by atoms with van der Waals surface area (Å²) >= 11 is 0. The zero-order valence-electron chi connectivity index (χ0n) is 16.0. The van der Waals surface area contributed by atoms with Gasteiger partial charge in [0.1, 0.15) is 17.2 Å². The lowest BCUT2D eigenvalue weighted by Gasteiger charge is -2.11. The maximum Gasteiger partial charge on any atom is 0.416 e.